The van der Waals surface area contributed by atoms with Gasteiger partial charge in [0.25, 0.3) is 11.7 Å². The highest BCUT2D eigenvalue weighted by molar-refractivity contribution is 6.46. The zero-order valence-electron chi connectivity index (χ0n) is 18.2. The molecular formula is C24H27NO6. The van der Waals surface area contributed by atoms with Crippen molar-refractivity contribution in [3.8, 4) is 11.5 Å². The lowest BCUT2D eigenvalue weighted by Gasteiger charge is -2.25. The van der Waals surface area contributed by atoms with E-state index in [1.807, 2.05) is 13.8 Å². The number of nitrogens with zero attached hydrogens (tertiary/aromatic N) is 1. The standard InChI is InChI=1S/C24H27NO6/c1-5-31-17-8-6-16(7-9-17)21-20(23(27)24(28)25(21)12-13-29-3)22(26)19-11-10-18(30-4)14-15(19)2/h6-11,14,21,26H,5,12-13H2,1-4H3. The van der Waals surface area contributed by atoms with Crippen molar-refractivity contribution in [2.45, 2.75) is 19.9 Å². The van der Waals surface area contributed by atoms with Crippen LogP contribution in [0.4, 0.5) is 0 Å². The molecule has 1 fully saturated rings. The Hall–Kier alpha value is -3.32. The number of hydrogen-bond acceptors (Lipinski definition) is 6. The molecule has 1 unspecified atom stereocenters. The van der Waals surface area contributed by atoms with E-state index in [9.17, 15) is 14.7 Å². The predicted octanol–water partition coefficient (Wildman–Crippen LogP) is 3.47. The van der Waals surface area contributed by atoms with Crippen molar-refractivity contribution >= 4 is 17.4 Å². The molecule has 0 spiro atoms. The Bertz CT molecular complexity index is 996. The van der Waals surface area contributed by atoms with Gasteiger partial charge in [-0.15, -0.1) is 0 Å². The summed E-state index contributed by atoms with van der Waals surface area (Å²) >= 11 is 0. The van der Waals surface area contributed by atoms with E-state index in [1.54, 1.807) is 49.6 Å². The Labute approximate surface area is 181 Å². The predicted molar refractivity (Wildman–Crippen MR) is 116 cm³/mol. The third-order valence-electron chi connectivity index (χ3n) is 5.27. The number of carbonyl (C=O) groups excluding carboxylic acids is 2. The summed E-state index contributed by atoms with van der Waals surface area (Å²) < 4.78 is 15.9. The molecule has 1 atom stereocenters. The summed E-state index contributed by atoms with van der Waals surface area (Å²) in [5.41, 5.74) is 1.96. The van der Waals surface area contributed by atoms with Gasteiger partial charge in [0.1, 0.15) is 17.3 Å². The molecule has 31 heavy (non-hydrogen) atoms. The summed E-state index contributed by atoms with van der Waals surface area (Å²) in [4.78, 5) is 27.2. The van der Waals surface area contributed by atoms with Crippen molar-refractivity contribution in [2.75, 3.05) is 34.0 Å². The van der Waals surface area contributed by atoms with Gasteiger partial charge in [-0.25, -0.2) is 0 Å². The largest absolute Gasteiger partial charge is 0.507 e. The molecular weight excluding hydrogens is 398 g/mol. The first-order valence-electron chi connectivity index (χ1n) is 10.1. The van der Waals surface area contributed by atoms with Crippen LogP contribution in [0, 0.1) is 6.92 Å². The summed E-state index contributed by atoms with van der Waals surface area (Å²) in [5.74, 6) is -0.271. The number of amides is 1. The van der Waals surface area contributed by atoms with Gasteiger partial charge in [-0.3, -0.25) is 9.59 Å². The van der Waals surface area contributed by atoms with Crippen LogP contribution in [0.5, 0.6) is 11.5 Å². The van der Waals surface area contributed by atoms with Crippen molar-refractivity contribution in [3.05, 3.63) is 64.7 Å². The molecule has 1 amide bonds. The quantitative estimate of drug-likeness (QED) is 0.396. The fourth-order valence-electron chi connectivity index (χ4n) is 3.73. The summed E-state index contributed by atoms with van der Waals surface area (Å²) in [6.07, 6.45) is 0. The lowest BCUT2D eigenvalue weighted by Crippen LogP contribution is -2.32. The van der Waals surface area contributed by atoms with E-state index in [0.717, 1.165) is 5.56 Å². The van der Waals surface area contributed by atoms with E-state index in [2.05, 4.69) is 0 Å². The van der Waals surface area contributed by atoms with Crippen LogP contribution in [0.1, 0.15) is 29.7 Å². The molecule has 2 aromatic rings. The van der Waals surface area contributed by atoms with E-state index in [1.165, 1.54) is 12.0 Å². The molecule has 1 saturated heterocycles. The molecule has 7 heteroatoms. The molecule has 1 aliphatic heterocycles. The van der Waals surface area contributed by atoms with Crippen LogP contribution in [0.2, 0.25) is 0 Å². The smallest absolute Gasteiger partial charge is 0.295 e. The van der Waals surface area contributed by atoms with Gasteiger partial charge in [0.05, 0.1) is 31.9 Å². The minimum Gasteiger partial charge on any atom is -0.507 e. The average Bonchev–Trinajstić information content (AvgIpc) is 3.02. The number of hydrogen-bond donors (Lipinski definition) is 1. The molecule has 3 rings (SSSR count). The lowest BCUT2D eigenvalue weighted by molar-refractivity contribution is -0.140. The molecule has 1 N–H and O–H groups in total. The van der Waals surface area contributed by atoms with Gasteiger partial charge in [0.15, 0.2) is 0 Å². The Kier molecular flexibility index (Phi) is 6.97. The first kappa shape index (κ1) is 22.4. The van der Waals surface area contributed by atoms with Crippen molar-refractivity contribution < 1.29 is 28.9 Å². The maximum Gasteiger partial charge on any atom is 0.295 e. The number of aryl methyl sites for hydroxylation is 1. The molecule has 0 bridgehead atoms. The van der Waals surface area contributed by atoms with Crippen molar-refractivity contribution in [3.63, 3.8) is 0 Å². The van der Waals surface area contributed by atoms with E-state index >= 15 is 0 Å². The van der Waals surface area contributed by atoms with Crippen molar-refractivity contribution in [1.29, 1.82) is 0 Å². The molecule has 0 aliphatic carbocycles. The van der Waals surface area contributed by atoms with Crippen molar-refractivity contribution in [1.82, 2.24) is 4.90 Å². The second kappa shape index (κ2) is 9.66. The summed E-state index contributed by atoms with van der Waals surface area (Å²) in [5, 5.41) is 11.1. The van der Waals surface area contributed by atoms with Crippen LogP contribution >= 0.6 is 0 Å². The second-order valence-electron chi connectivity index (χ2n) is 7.17. The Morgan fingerprint density at radius 1 is 1.06 bits per heavy atom. The molecule has 1 aliphatic rings. The summed E-state index contributed by atoms with van der Waals surface area (Å²) in [7, 11) is 3.09. The van der Waals surface area contributed by atoms with Gasteiger partial charge in [-0.05, 0) is 55.3 Å². The van der Waals surface area contributed by atoms with Crippen LogP contribution in [0.25, 0.3) is 5.76 Å². The molecule has 7 nitrogen and oxygen atoms in total. The first-order valence-corrected chi connectivity index (χ1v) is 10.1. The molecule has 2 aromatic carbocycles. The molecule has 164 valence electrons. The lowest BCUT2D eigenvalue weighted by atomic mass is 9.94. The topological polar surface area (TPSA) is 85.3 Å². The van der Waals surface area contributed by atoms with Crippen LogP contribution in [0.15, 0.2) is 48.0 Å². The van der Waals surface area contributed by atoms with Gasteiger partial charge < -0.3 is 24.2 Å². The Morgan fingerprint density at radius 3 is 2.32 bits per heavy atom. The molecule has 0 radical (unpaired) electrons. The Balaban J connectivity index is 2.13. The first-order chi connectivity index (χ1) is 14.9. The zero-order valence-corrected chi connectivity index (χ0v) is 18.2. The number of Topliss-reactive ketones (excluding diaryl/α,β-unsaturated/α-hetero) is 1. The van der Waals surface area contributed by atoms with E-state index in [0.29, 0.717) is 29.2 Å². The summed E-state index contributed by atoms with van der Waals surface area (Å²) in [6, 6.07) is 11.6. The Morgan fingerprint density at radius 2 is 1.74 bits per heavy atom. The van der Waals surface area contributed by atoms with Gasteiger partial charge in [-0.1, -0.05) is 12.1 Å². The summed E-state index contributed by atoms with van der Waals surface area (Å²) in [6.45, 7) is 4.72. The third kappa shape index (κ3) is 4.41. The van der Waals surface area contributed by atoms with Crippen LogP contribution in [-0.2, 0) is 14.3 Å². The number of aliphatic hydroxyl groups excluding tert-OH is 1. The SMILES string of the molecule is CCOc1ccc(C2C(=C(O)c3ccc(OC)cc3C)C(=O)C(=O)N2CCOC)cc1. The van der Waals surface area contributed by atoms with Crippen LogP contribution in [0.3, 0.4) is 0 Å². The van der Waals surface area contributed by atoms with Crippen LogP contribution in [-0.4, -0.2) is 55.7 Å². The maximum absolute atomic E-state index is 13.0. The van der Waals surface area contributed by atoms with Gasteiger partial charge >= 0.3 is 0 Å². The van der Waals surface area contributed by atoms with Gasteiger partial charge in [-0.2, -0.15) is 0 Å². The number of methoxy groups -OCH3 is 2. The highest BCUT2D eigenvalue weighted by Gasteiger charge is 2.46. The molecule has 1 heterocycles. The second-order valence-corrected chi connectivity index (χ2v) is 7.17. The number of rotatable bonds is 8. The fourth-order valence-corrected chi connectivity index (χ4v) is 3.73. The fraction of sp³-hybridized carbons (Fsp3) is 0.333. The highest BCUT2D eigenvalue weighted by atomic mass is 16.5. The maximum atomic E-state index is 13.0. The number of ketones is 1. The highest BCUT2D eigenvalue weighted by Crippen LogP contribution is 2.40. The van der Waals surface area contributed by atoms with E-state index < -0.39 is 17.7 Å². The number of carbonyl (C=O) groups is 2. The van der Waals surface area contributed by atoms with Gasteiger partial charge in [0, 0.05) is 19.2 Å². The van der Waals surface area contributed by atoms with E-state index in [4.69, 9.17) is 14.2 Å². The third-order valence-corrected chi connectivity index (χ3v) is 5.27. The minimum absolute atomic E-state index is 0.0542. The molecule has 0 saturated carbocycles. The number of likely N-dealkylation sites (tertiary alicyclic amines) is 1. The average molecular weight is 425 g/mol. The van der Waals surface area contributed by atoms with Crippen molar-refractivity contribution in [2.24, 2.45) is 0 Å². The normalized spacial score (nSPS) is 17.8. The monoisotopic (exact) mass is 425 g/mol. The van der Waals surface area contributed by atoms with Gasteiger partial charge in [0.2, 0.25) is 0 Å². The van der Waals surface area contributed by atoms with Crippen LogP contribution < -0.4 is 9.47 Å². The molecule has 0 aromatic heterocycles. The minimum atomic E-state index is -0.729. The zero-order chi connectivity index (χ0) is 22.5. The number of benzene rings is 2. The number of aliphatic hydroxyl groups is 1. The number of ether oxygens (including phenoxy) is 3. The van der Waals surface area contributed by atoms with E-state index in [-0.39, 0.29) is 24.5 Å².